The van der Waals surface area contributed by atoms with E-state index in [9.17, 15) is 4.79 Å². The zero-order valence-electron chi connectivity index (χ0n) is 9.13. The first-order valence-corrected chi connectivity index (χ1v) is 5.00. The van der Waals surface area contributed by atoms with E-state index in [0.717, 1.165) is 0 Å². The van der Waals surface area contributed by atoms with Crippen LogP contribution >= 0.6 is 0 Å². The summed E-state index contributed by atoms with van der Waals surface area (Å²) in [4.78, 5) is 12.4. The second kappa shape index (κ2) is 4.60. The SMILES string of the molecule is C[C@@H](C(=O)O)N(c1ccccc1)n1cnnn1. The van der Waals surface area contributed by atoms with E-state index in [0.29, 0.717) is 5.69 Å². The van der Waals surface area contributed by atoms with Gasteiger partial charge in [0.25, 0.3) is 0 Å². The molecule has 0 saturated carbocycles. The Bertz CT molecular complexity index is 485. The standard InChI is InChI=1S/C10H11N5O2/c1-8(10(16)17)15(14-7-11-12-13-14)9-5-3-2-4-6-9/h2-8H,1H3,(H,16,17)/t8-/m0/s1. The van der Waals surface area contributed by atoms with Crippen molar-refractivity contribution in [3.63, 3.8) is 0 Å². The van der Waals surface area contributed by atoms with E-state index in [1.807, 2.05) is 18.2 Å². The van der Waals surface area contributed by atoms with Crippen molar-refractivity contribution in [1.29, 1.82) is 0 Å². The fourth-order valence-electron chi connectivity index (χ4n) is 1.46. The molecule has 0 saturated heterocycles. The van der Waals surface area contributed by atoms with E-state index >= 15 is 0 Å². The van der Waals surface area contributed by atoms with Crippen molar-refractivity contribution in [2.24, 2.45) is 0 Å². The Kier molecular flexibility index (Phi) is 2.99. The maximum Gasteiger partial charge on any atom is 0.328 e. The number of carbonyl (C=O) groups is 1. The Hall–Kier alpha value is -2.44. The van der Waals surface area contributed by atoms with E-state index in [4.69, 9.17) is 5.11 Å². The first kappa shape index (κ1) is 11.1. The summed E-state index contributed by atoms with van der Waals surface area (Å²) < 4.78 is 0. The number of anilines is 1. The van der Waals surface area contributed by atoms with Gasteiger partial charge in [-0.05, 0) is 29.5 Å². The van der Waals surface area contributed by atoms with Gasteiger partial charge in [-0.3, -0.25) is 0 Å². The number of carboxylic acids is 1. The van der Waals surface area contributed by atoms with Gasteiger partial charge >= 0.3 is 5.97 Å². The molecule has 17 heavy (non-hydrogen) atoms. The van der Waals surface area contributed by atoms with Gasteiger partial charge < -0.3 is 5.11 Å². The highest BCUT2D eigenvalue weighted by Crippen LogP contribution is 2.16. The molecule has 0 spiro atoms. The molecule has 1 N–H and O–H groups in total. The Morgan fingerprint density at radius 3 is 2.65 bits per heavy atom. The normalized spacial score (nSPS) is 12.1. The van der Waals surface area contributed by atoms with Crippen LogP contribution in [-0.2, 0) is 4.79 Å². The van der Waals surface area contributed by atoms with Gasteiger partial charge in [0.15, 0.2) is 6.33 Å². The quantitative estimate of drug-likeness (QED) is 0.823. The van der Waals surface area contributed by atoms with E-state index < -0.39 is 12.0 Å². The lowest BCUT2D eigenvalue weighted by Crippen LogP contribution is -2.43. The topological polar surface area (TPSA) is 84.1 Å². The number of benzene rings is 1. The molecule has 7 heteroatoms. The first-order chi connectivity index (χ1) is 8.20. The molecule has 2 rings (SSSR count). The van der Waals surface area contributed by atoms with E-state index in [2.05, 4.69) is 15.5 Å². The molecule has 0 unspecified atom stereocenters. The average molecular weight is 233 g/mol. The zero-order valence-corrected chi connectivity index (χ0v) is 9.13. The Morgan fingerprint density at radius 2 is 2.12 bits per heavy atom. The third-order valence-electron chi connectivity index (χ3n) is 2.30. The lowest BCUT2D eigenvalue weighted by molar-refractivity contribution is -0.138. The maximum atomic E-state index is 11.1. The second-order valence-electron chi connectivity index (χ2n) is 3.42. The second-order valence-corrected chi connectivity index (χ2v) is 3.42. The minimum absolute atomic E-state index is 0.703. The molecule has 0 fully saturated rings. The van der Waals surface area contributed by atoms with Crippen LogP contribution in [-0.4, -0.2) is 37.4 Å². The Balaban J connectivity index is 2.42. The maximum absolute atomic E-state index is 11.1. The predicted octanol–water partition coefficient (Wildman–Crippen LogP) is 0.416. The Morgan fingerprint density at radius 1 is 1.41 bits per heavy atom. The third kappa shape index (κ3) is 2.22. The van der Waals surface area contributed by atoms with Crippen molar-refractivity contribution in [2.75, 3.05) is 5.01 Å². The minimum atomic E-state index is -0.954. The smallest absolute Gasteiger partial charge is 0.328 e. The Labute approximate surface area is 97.3 Å². The summed E-state index contributed by atoms with van der Waals surface area (Å²) >= 11 is 0. The van der Waals surface area contributed by atoms with Gasteiger partial charge in [0.2, 0.25) is 0 Å². The van der Waals surface area contributed by atoms with Crippen LogP contribution in [0.1, 0.15) is 6.92 Å². The molecule has 1 atom stereocenters. The number of aliphatic carboxylic acids is 1. The van der Waals surface area contributed by atoms with Crippen LogP contribution < -0.4 is 5.01 Å². The largest absolute Gasteiger partial charge is 0.480 e. The van der Waals surface area contributed by atoms with Crippen molar-refractivity contribution in [3.05, 3.63) is 36.7 Å². The highest BCUT2D eigenvalue weighted by molar-refractivity contribution is 5.77. The number of aromatic nitrogens is 4. The molecule has 0 bridgehead atoms. The number of nitrogens with zero attached hydrogens (tertiary/aromatic N) is 5. The number of hydrogen-bond donors (Lipinski definition) is 1. The third-order valence-corrected chi connectivity index (χ3v) is 2.30. The van der Waals surface area contributed by atoms with Gasteiger partial charge in [0.1, 0.15) is 6.04 Å². The number of rotatable bonds is 4. The molecule has 0 aliphatic heterocycles. The minimum Gasteiger partial charge on any atom is -0.480 e. The molecular weight excluding hydrogens is 222 g/mol. The molecule has 0 radical (unpaired) electrons. The van der Waals surface area contributed by atoms with Gasteiger partial charge in [-0.1, -0.05) is 18.2 Å². The van der Waals surface area contributed by atoms with Gasteiger partial charge in [-0.2, -0.15) is 0 Å². The average Bonchev–Trinajstić information content (AvgIpc) is 2.84. The lowest BCUT2D eigenvalue weighted by Gasteiger charge is -2.26. The van der Waals surface area contributed by atoms with Crippen LogP contribution in [0.15, 0.2) is 36.7 Å². The molecule has 7 nitrogen and oxygen atoms in total. The first-order valence-electron chi connectivity index (χ1n) is 5.00. The summed E-state index contributed by atoms with van der Waals surface area (Å²) in [6.07, 6.45) is 1.35. The van der Waals surface area contributed by atoms with E-state index in [1.165, 1.54) is 16.1 Å². The van der Waals surface area contributed by atoms with Gasteiger partial charge in [-0.25, -0.2) is 9.80 Å². The van der Waals surface area contributed by atoms with Crippen molar-refractivity contribution < 1.29 is 9.90 Å². The highest BCUT2D eigenvalue weighted by Gasteiger charge is 2.23. The number of carboxylic acid groups (broad SMARTS) is 1. The van der Waals surface area contributed by atoms with Crippen LogP contribution in [0.2, 0.25) is 0 Å². The monoisotopic (exact) mass is 233 g/mol. The van der Waals surface area contributed by atoms with E-state index in [-0.39, 0.29) is 0 Å². The van der Waals surface area contributed by atoms with Gasteiger partial charge in [-0.15, -0.1) is 9.89 Å². The van der Waals surface area contributed by atoms with Crippen LogP contribution in [0.25, 0.3) is 0 Å². The molecule has 0 aliphatic rings. The molecule has 2 aromatic rings. The fraction of sp³-hybridized carbons (Fsp3) is 0.200. The molecule has 1 heterocycles. The van der Waals surface area contributed by atoms with Gasteiger partial charge in [0, 0.05) is 0 Å². The summed E-state index contributed by atoms with van der Waals surface area (Å²) in [5.74, 6) is -0.954. The summed E-state index contributed by atoms with van der Waals surface area (Å²) in [6, 6.07) is 8.30. The van der Waals surface area contributed by atoms with Crippen molar-refractivity contribution in [1.82, 2.24) is 20.3 Å². The summed E-state index contributed by atoms with van der Waals surface area (Å²) in [7, 11) is 0. The zero-order chi connectivity index (χ0) is 12.3. The van der Waals surface area contributed by atoms with Crippen molar-refractivity contribution in [3.8, 4) is 0 Å². The molecule has 1 aromatic carbocycles. The van der Waals surface area contributed by atoms with E-state index in [1.54, 1.807) is 19.1 Å². The van der Waals surface area contributed by atoms with Crippen LogP contribution in [0.4, 0.5) is 5.69 Å². The summed E-state index contributed by atoms with van der Waals surface area (Å²) in [5.41, 5.74) is 0.703. The molecular formula is C10H11N5O2. The predicted molar refractivity (Wildman–Crippen MR) is 59.2 cm³/mol. The van der Waals surface area contributed by atoms with Gasteiger partial charge in [0.05, 0.1) is 5.69 Å². The summed E-state index contributed by atoms with van der Waals surface area (Å²) in [5, 5.41) is 21.3. The van der Waals surface area contributed by atoms with Crippen LogP contribution in [0, 0.1) is 0 Å². The molecule has 1 aromatic heterocycles. The number of hydrogen-bond acceptors (Lipinski definition) is 5. The lowest BCUT2D eigenvalue weighted by atomic mass is 10.2. The molecule has 88 valence electrons. The van der Waals surface area contributed by atoms with Crippen molar-refractivity contribution >= 4 is 11.7 Å². The highest BCUT2D eigenvalue weighted by atomic mass is 16.4. The fourth-order valence-corrected chi connectivity index (χ4v) is 1.46. The van der Waals surface area contributed by atoms with Crippen LogP contribution in [0.5, 0.6) is 0 Å². The van der Waals surface area contributed by atoms with Crippen molar-refractivity contribution in [2.45, 2.75) is 13.0 Å². The number of tetrazole rings is 1. The number of para-hydroxylation sites is 1. The van der Waals surface area contributed by atoms with Crippen LogP contribution in [0.3, 0.4) is 0 Å². The molecule has 0 aliphatic carbocycles. The molecule has 0 amide bonds. The summed E-state index contributed by atoms with van der Waals surface area (Å²) in [6.45, 7) is 1.57.